The van der Waals surface area contributed by atoms with Crippen molar-refractivity contribution in [3.63, 3.8) is 0 Å². The lowest BCUT2D eigenvalue weighted by Gasteiger charge is -2.31. The number of carbonyl (C=O) groups excluding carboxylic acids is 1. The molecular weight excluding hydrogens is 404 g/mol. The molecule has 0 bridgehead atoms. The van der Waals surface area contributed by atoms with Gasteiger partial charge in [-0.2, -0.15) is 4.31 Å². The van der Waals surface area contributed by atoms with Crippen LogP contribution in [0.15, 0.2) is 47.4 Å². The molecule has 8 heteroatoms. The molecule has 1 amide bonds. The van der Waals surface area contributed by atoms with E-state index < -0.39 is 15.9 Å². The number of sulfonamides is 1. The first-order valence-corrected chi connectivity index (χ1v) is 11.5. The average Bonchev–Trinajstić information content (AvgIpc) is 2.75. The predicted molar refractivity (Wildman–Crippen MR) is 115 cm³/mol. The molecule has 0 radical (unpaired) electrons. The van der Waals surface area contributed by atoms with Crippen molar-refractivity contribution in [1.82, 2.24) is 4.31 Å². The fourth-order valence-corrected chi connectivity index (χ4v) is 5.35. The Labute approximate surface area is 178 Å². The molecule has 162 valence electrons. The van der Waals surface area contributed by atoms with Crippen molar-refractivity contribution in [3.05, 3.63) is 48.0 Å². The number of methoxy groups -OCH3 is 1. The van der Waals surface area contributed by atoms with Crippen molar-refractivity contribution in [2.75, 3.05) is 32.1 Å². The van der Waals surface area contributed by atoms with Gasteiger partial charge in [-0.05, 0) is 56.5 Å². The van der Waals surface area contributed by atoms with Crippen LogP contribution in [0.4, 0.5) is 5.69 Å². The Balaban J connectivity index is 1.78. The first kappa shape index (κ1) is 22.1. The quantitative estimate of drug-likeness (QED) is 0.724. The Hall–Kier alpha value is -2.58. The molecule has 1 N–H and O–H groups in total. The van der Waals surface area contributed by atoms with Crippen molar-refractivity contribution in [3.8, 4) is 11.5 Å². The van der Waals surface area contributed by atoms with E-state index in [1.807, 2.05) is 26.0 Å². The molecule has 2 aromatic rings. The van der Waals surface area contributed by atoms with Crippen LogP contribution in [0.1, 0.15) is 25.3 Å². The van der Waals surface area contributed by atoms with Gasteiger partial charge in [0.15, 0.2) is 0 Å². The van der Waals surface area contributed by atoms with E-state index in [9.17, 15) is 13.2 Å². The van der Waals surface area contributed by atoms with E-state index in [1.165, 1.54) is 11.4 Å². The summed E-state index contributed by atoms with van der Waals surface area (Å²) in [4.78, 5) is 13.0. The fraction of sp³-hybridized carbons (Fsp3) is 0.409. The Morgan fingerprint density at radius 2 is 1.97 bits per heavy atom. The lowest BCUT2D eigenvalue weighted by Crippen LogP contribution is -2.43. The fourth-order valence-electron chi connectivity index (χ4n) is 3.59. The molecule has 7 nitrogen and oxygen atoms in total. The average molecular weight is 433 g/mol. The van der Waals surface area contributed by atoms with Gasteiger partial charge in [0, 0.05) is 13.1 Å². The zero-order valence-electron chi connectivity index (χ0n) is 17.6. The second kappa shape index (κ2) is 9.49. The Morgan fingerprint density at radius 1 is 1.20 bits per heavy atom. The first-order valence-electron chi connectivity index (χ1n) is 10.0. The molecule has 0 aliphatic carbocycles. The van der Waals surface area contributed by atoms with Gasteiger partial charge < -0.3 is 14.8 Å². The molecule has 0 saturated carbocycles. The number of aryl methyl sites for hydroxylation is 1. The van der Waals surface area contributed by atoms with Gasteiger partial charge in [-0.3, -0.25) is 4.79 Å². The van der Waals surface area contributed by atoms with E-state index in [0.717, 1.165) is 5.56 Å². The number of ether oxygens (including phenoxy) is 2. The van der Waals surface area contributed by atoms with Crippen molar-refractivity contribution in [2.45, 2.75) is 31.6 Å². The lowest BCUT2D eigenvalue weighted by atomic mass is 9.98. The molecule has 0 unspecified atom stereocenters. The van der Waals surface area contributed by atoms with Crippen LogP contribution in [0, 0.1) is 12.8 Å². The number of benzene rings is 2. The number of hydrogen-bond acceptors (Lipinski definition) is 5. The van der Waals surface area contributed by atoms with E-state index in [1.54, 1.807) is 30.3 Å². The summed E-state index contributed by atoms with van der Waals surface area (Å²) in [5.74, 6) is 0.244. The molecule has 30 heavy (non-hydrogen) atoms. The van der Waals surface area contributed by atoms with E-state index in [2.05, 4.69) is 5.32 Å². The third kappa shape index (κ3) is 4.76. The molecule has 1 fully saturated rings. The van der Waals surface area contributed by atoms with Gasteiger partial charge in [0.2, 0.25) is 15.9 Å². The minimum Gasteiger partial charge on any atom is -0.495 e. The molecule has 3 rings (SSSR count). The summed E-state index contributed by atoms with van der Waals surface area (Å²) in [6.07, 6.45) is 1.23. The number of nitrogens with zero attached hydrogens (tertiary/aromatic N) is 1. The maximum absolute atomic E-state index is 13.3. The topological polar surface area (TPSA) is 84.9 Å². The Kier molecular flexibility index (Phi) is 6.99. The standard InChI is InChI=1S/C22H28N2O5S/c1-4-29-19-10-6-5-9-18(19)23-22(25)17-8-7-13-24(15-17)30(26,27)21-14-16(2)11-12-20(21)28-3/h5-6,9-12,14,17H,4,7-8,13,15H2,1-3H3,(H,23,25)/t17-/m1/s1. The van der Waals surface area contributed by atoms with Gasteiger partial charge in [0.05, 0.1) is 25.3 Å². The van der Waals surface area contributed by atoms with E-state index in [4.69, 9.17) is 9.47 Å². The number of piperidine rings is 1. The highest BCUT2D eigenvalue weighted by Gasteiger charge is 2.35. The van der Waals surface area contributed by atoms with Crippen LogP contribution in [0.25, 0.3) is 0 Å². The lowest BCUT2D eigenvalue weighted by molar-refractivity contribution is -0.120. The number of hydrogen-bond donors (Lipinski definition) is 1. The number of anilines is 1. The summed E-state index contributed by atoms with van der Waals surface area (Å²) in [6, 6.07) is 12.3. The highest BCUT2D eigenvalue weighted by atomic mass is 32.2. The normalized spacial score (nSPS) is 17.4. The summed E-state index contributed by atoms with van der Waals surface area (Å²) in [5.41, 5.74) is 1.41. The highest BCUT2D eigenvalue weighted by Crippen LogP contribution is 2.31. The summed E-state index contributed by atoms with van der Waals surface area (Å²) in [6.45, 7) is 4.70. The maximum atomic E-state index is 13.3. The zero-order chi connectivity index (χ0) is 21.7. The van der Waals surface area contributed by atoms with Crippen molar-refractivity contribution in [2.24, 2.45) is 5.92 Å². The second-order valence-corrected chi connectivity index (χ2v) is 9.18. The minimum absolute atomic E-state index is 0.127. The smallest absolute Gasteiger partial charge is 0.246 e. The monoisotopic (exact) mass is 432 g/mol. The van der Waals surface area contributed by atoms with Gasteiger partial charge in [-0.15, -0.1) is 0 Å². The summed E-state index contributed by atoms with van der Waals surface area (Å²) < 4.78 is 38.8. The van der Waals surface area contributed by atoms with Crippen molar-refractivity contribution in [1.29, 1.82) is 0 Å². The predicted octanol–water partition coefficient (Wildman–Crippen LogP) is 3.44. The van der Waals surface area contributed by atoms with Gasteiger partial charge in [0.1, 0.15) is 16.4 Å². The number of carbonyl (C=O) groups is 1. The molecule has 1 atom stereocenters. The second-order valence-electron chi connectivity index (χ2n) is 7.27. The van der Waals surface area contributed by atoms with Crippen molar-refractivity contribution >= 4 is 21.6 Å². The molecule has 1 heterocycles. The van der Waals surface area contributed by atoms with E-state index in [0.29, 0.717) is 43.2 Å². The molecule has 1 aliphatic rings. The first-order chi connectivity index (χ1) is 14.4. The van der Waals surface area contributed by atoms with Crippen LogP contribution in [-0.4, -0.2) is 45.4 Å². The zero-order valence-corrected chi connectivity index (χ0v) is 18.4. The van der Waals surface area contributed by atoms with Crippen LogP contribution in [0.3, 0.4) is 0 Å². The number of para-hydroxylation sites is 2. The molecule has 1 aliphatic heterocycles. The van der Waals surface area contributed by atoms with Crippen LogP contribution in [-0.2, 0) is 14.8 Å². The minimum atomic E-state index is -3.78. The van der Waals surface area contributed by atoms with Crippen LogP contribution in [0.2, 0.25) is 0 Å². The largest absolute Gasteiger partial charge is 0.495 e. The van der Waals surface area contributed by atoms with E-state index in [-0.39, 0.29) is 17.3 Å². The van der Waals surface area contributed by atoms with Crippen LogP contribution in [0.5, 0.6) is 11.5 Å². The summed E-state index contributed by atoms with van der Waals surface area (Å²) >= 11 is 0. The maximum Gasteiger partial charge on any atom is 0.246 e. The highest BCUT2D eigenvalue weighted by molar-refractivity contribution is 7.89. The van der Waals surface area contributed by atoms with E-state index >= 15 is 0 Å². The Bertz CT molecular complexity index is 1010. The van der Waals surface area contributed by atoms with Gasteiger partial charge >= 0.3 is 0 Å². The third-order valence-electron chi connectivity index (χ3n) is 5.14. The SMILES string of the molecule is CCOc1ccccc1NC(=O)[C@@H]1CCCN(S(=O)(=O)c2cc(C)ccc2OC)C1. The molecule has 2 aromatic carbocycles. The molecule has 0 spiro atoms. The molecule has 0 aromatic heterocycles. The Morgan fingerprint density at radius 3 is 2.70 bits per heavy atom. The summed E-state index contributed by atoms with van der Waals surface area (Å²) in [5, 5.41) is 2.90. The van der Waals surface area contributed by atoms with Gasteiger partial charge in [0.25, 0.3) is 0 Å². The number of nitrogens with one attached hydrogen (secondary N) is 1. The van der Waals surface area contributed by atoms with Crippen molar-refractivity contribution < 1.29 is 22.7 Å². The molecular formula is C22H28N2O5S. The summed E-state index contributed by atoms with van der Waals surface area (Å²) in [7, 11) is -2.33. The third-order valence-corrected chi connectivity index (χ3v) is 7.02. The number of amides is 1. The van der Waals surface area contributed by atoms with Gasteiger partial charge in [-0.1, -0.05) is 18.2 Å². The van der Waals surface area contributed by atoms with Gasteiger partial charge in [-0.25, -0.2) is 8.42 Å². The molecule has 1 saturated heterocycles. The van der Waals surface area contributed by atoms with Crippen LogP contribution >= 0.6 is 0 Å². The number of rotatable bonds is 7. The van der Waals surface area contributed by atoms with Crippen LogP contribution < -0.4 is 14.8 Å².